The van der Waals surface area contributed by atoms with Crippen LogP contribution in [0.4, 0.5) is 4.39 Å². The molecule has 2 nitrogen and oxygen atoms in total. The third kappa shape index (κ3) is 1.78. The van der Waals surface area contributed by atoms with Crippen molar-refractivity contribution in [1.29, 1.82) is 0 Å². The molecule has 0 N–H and O–H groups in total. The molecule has 1 aliphatic rings. The zero-order chi connectivity index (χ0) is 11.1. The number of hydrogen-bond donors (Lipinski definition) is 0. The number of nitrogens with zero attached hydrogens (tertiary/aromatic N) is 2. The van der Waals surface area contributed by atoms with Gasteiger partial charge in [-0.1, -0.05) is 0 Å². The van der Waals surface area contributed by atoms with Gasteiger partial charge in [-0.2, -0.15) is 5.10 Å². The van der Waals surface area contributed by atoms with Crippen molar-refractivity contribution in [3.8, 4) is 11.3 Å². The SMILES string of the molecule is Fc1ccc(-c2nn(C3CC3)cc2Br)cc1. The van der Waals surface area contributed by atoms with Crippen LogP contribution in [0.3, 0.4) is 0 Å². The Bertz CT molecular complexity index is 514. The molecule has 82 valence electrons. The van der Waals surface area contributed by atoms with Crippen molar-refractivity contribution >= 4 is 15.9 Å². The first-order valence-electron chi connectivity index (χ1n) is 5.24. The molecule has 0 radical (unpaired) electrons. The molecule has 0 amide bonds. The molecule has 3 rings (SSSR count). The Morgan fingerprint density at radius 3 is 2.56 bits per heavy atom. The van der Waals surface area contributed by atoms with Gasteiger partial charge in [-0.3, -0.25) is 4.68 Å². The molecule has 2 aromatic rings. The van der Waals surface area contributed by atoms with Crippen LogP contribution in [0.25, 0.3) is 11.3 Å². The Morgan fingerprint density at radius 2 is 1.94 bits per heavy atom. The first-order valence-corrected chi connectivity index (χ1v) is 6.04. The molecule has 1 heterocycles. The number of halogens is 2. The van der Waals surface area contributed by atoms with E-state index in [0.717, 1.165) is 15.7 Å². The highest BCUT2D eigenvalue weighted by Crippen LogP contribution is 2.37. The predicted molar refractivity (Wildman–Crippen MR) is 63.6 cm³/mol. The van der Waals surface area contributed by atoms with Gasteiger partial charge in [0.25, 0.3) is 0 Å². The Hall–Kier alpha value is -1.16. The van der Waals surface area contributed by atoms with E-state index in [-0.39, 0.29) is 5.82 Å². The largest absolute Gasteiger partial charge is 0.268 e. The van der Waals surface area contributed by atoms with Crippen molar-refractivity contribution < 1.29 is 4.39 Å². The van der Waals surface area contributed by atoms with E-state index in [2.05, 4.69) is 21.0 Å². The average Bonchev–Trinajstić information content (AvgIpc) is 3.04. The zero-order valence-electron chi connectivity index (χ0n) is 8.53. The number of aromatic nitrogens is 2. The summed E-state index contributed by atoms with van der Waals surface area (Å²) in [5.41, 5.74) is 1.82. The smallest absolute Gasteiger partial charge is 0.123 e. The molecule has 0 spiro atoms. The van der Waals surface area contributed by atoms with Gasteiger partial charge in [0.2, 0.25) is 0 Å². The maximum atomic E-state index is 12.8. The molecule has 1 fully saturated rings. The van der Waals surface area contributed by atoms with Gasteiger partial charge in [-0.15, -0.1) is 0 Å². The maximum absolute atomic E-state index is 12.8. The summed E-state index contributed by atoms with van der Waals surface area (Å²) >= 11 is 3.49. The number of rotatable bonds is 2. The molecule has 0 saturated heterocycles. The molecule has 0 atom stereocenters. The number of benzene rings is 1. The molecule has 0 unspecified atom stereocenters. The van der Waals surface area contributed by atoms with Crippen LogP contribution in [0.2, 0.25) is 0 Å². The quantitative estimate of drug-likeness (QED) is 0.819. The van der Waals surface area contributed by atoms with Gasteiger partial charge in [0.05, 0.1) is 10.5 Å². The third-order valence-electron chi connectivity index (χ3n) is 2.73. The van der Waals surface area contributed by atoms with Crippen LogP contribution >= 0.6 is 15.9 Å². The number of hydrogen-bond acceptors (Lipinski definition) is 1. The molecule has 0 bridgehead atoms. The second-order valence-corrected chi connectivity index (χ2v) is 4.90. The summed E-state index contributed by atoms with van der Waals surface area (Å²) in [7, 11) is 0. The molecule has 4 heteroatoms. The minimum absolute atomic E-state index is 0.221. The van der Waals surface area contributed by atoms with Crippen molar-refractivity contribution in [1.82, 2.24) is 9.78 Å². The first kappa shape index (κ1) is 10.0. The van der Waals surface area contributed by atoms with Gasteiger partial charge in [0, 0.05) is 11.8 Å². The summed E-state index contributed by atoms with van der Waals surface area (Å²) in [6.07, 6.45) is 4.41. The highest BCUT2D eigenvalue weighted by Gasteiger charge is 2.25. The molecule has 0 aliphatic heterocycles. The van der Waals surface area contributed by atoms with Gasteiger partial charge in [0.1, 0.15) is 11.5 Å². The van der Waals surface area contributed by atoms with Crippen LogP contribution in [0.1, 0.15) is 18.9 Å². The second kappa shape index (κ2) is 3.70. The van der Waals surface area contributed by atoms with E-state index >= 15 is 0 Å². The highest BCUT2D eigenvalue weighted by molar-refractivity contribution is 9.10. The van der Waals surface area contributed by atoms with E-state index in [9.17, 15) is 4.39 Å². The summed E-state index contributed by atoms with van der Waals surface area (Å²) in [5.74, 6) is -0.221. The van der Waals surface area contributed by atoms with E-state index in [4.69, 9.17) is 0 Å². The summed E-state index contributed by atoms with van der Waals surface area (Å²) in [6, 6.07) is 6.97. The van der Waals surface area contributed by atoms with Crippen molar-refractivity contribution in [2.45, 2.75) is 18.9 Å². The van der Waals surface area contributed by atoms with Crippen LogP contribution in [0, 0.1) is 5.82 Å². The normalized spacial score (nSPS) is 15.4. The van der Waals surface area contributed by atoms with Crippen LogP contribution in [-0.2, 0) is 0 Å². The average molecular weight is 281 g/mol. The Morgan fingerprint density at radius 1 is 1.25 bits per heavy atom. The van der Waals surface area contributed by atoms with Gasteiger partial charge >= 0.3 is 0 Å². The maximum Gasteiger partial charge on any atom is 0.123 e. The Labute approximate surface area is 101 Å². The molecule has 1 aliphatic carbocycles. The summed E-state index contributed by atoms with van der Waals surface area (Å²) in [6.45, 7) is 0. The summed E-state index contributed by atoms with van der Waals surface area (Å²) in [4.78, 5) is 0. The minimum Gasteiger partial charge on any atom is -0.268 e. The Balaban J connectivity index is 2.01. The van der Waals surface area contributed by atoms with E-state index < -0.39 is 0 Å². The predicted octanol–water partition coefficient (Wildman–Crippen LogP) is 3.79. The molecule has 1 saturated carbocycles. The fraction of sp³-hybridized carbons (Fsp3) is 0.250. The van der Waals surface area contributed by atoms with Crippen LogP contribution in [0.5, 0.6) is 0 Å². The topological polar surface area (TPSA) is 17.8 Å². The lowest BCUT2D eigenvalue weighted by Crippen LogP contribution is -1.93. The fourth-order valence-electron chi connectivity index (χ4n) is 1.70. The van der Waals surface area contributed by atoms with Crippen molar-refractivity contribution in [3.63, 3.8) is 0 Å². The van der Waals surface area contributed by atoms with Crippen LogP contribution in [0.15, 0.2) is 34.9 Å². The van der Waals surface area contributed by atoms with Gasteiger partial charge in [-0.05, 0) is 53.0 Å². The third-order valence-corrected chi connectivity index (χ3v) is 3.31. The van der Waals surface area contributed by atoms with E-state index in [0.29, 0.717) is 6.04 Å². The molecule has 1 aromatic carbocycles. The lowest BCUT2D eigenvalue weighted by atomic mass is 10.1. The van der Waals surface area contributed by atoms with Crippen LogP contribution < -0.4 is 0 Å². The summed E-state index contributed by atoms with van der Waals surface area (Å²) in [5, 5.41) is 4.52. The monoisotopic (exact) mass is 280 g/mol. The van der Waals surface area contributed by atoms with Crippen molar-refractivity contribution in [2.24, 2.45) is 0 Å². The molecule has 16 heavy (non-hydrogen) atoms. The lowest BCUT2D eigenvalue weighted by molar-refractivity contribution is 0.627. The summed E-state index contributed by atoms with van der Waals surface area (Å²) < 4.78 is 15.8. The molecular formula is C12H10BrFN2. The highest BCUT2D eigenvalue weighted by atomic mass is 79.9. The van der Waals surface area contributed by atoms with Gasteiger partial charge in [0.15, 0.2) is 0 Å². The van der Waals surface area contributed by atoms with Crippen LogP contribution in [-0.4, -0.2) is 9.78 Å². The fourth-order valence-corrected chi connectivity index (χ4v) is 2.22. The van der Waals surface area contributed by atoms with Gasteiger partial charge < -0.3 is 0 Å². The first-order chi connectivity index (χ1) is 7.74. The van der Waals surface area contributed by atoms with Gasteiger partial charge in [-0.25, -0.2) is 4.39 Å². The van der Waals surface area contributed by atoms with Crippen molar-refractivity contribution in [2.75, 3.05) is 0 Å². The Kier molecular flexibility index (Phi) is 2.32. The molecule has 1 aromatic heterocycles. The van der Waals surface area contributed by atoms with E-state index in [1.807, 2.05) is 10.9 Å². The zero-order valence-corrected chi connectivity index (χ0v) is 10.1. The van der Waals surface area contributed by atoms with Crippen molar-refractivity contribution in [3.05, 3.63) is 40.8 Å². The standard InChI is InChI=1S/C12H10BrFN2/c13-11-7-16(10-5-6-10)15-12(11)8-1-3-9(14)4-2-8/h1-4,7,10H,5-6H2. The lowest BCUT2D eigenvalue weighted by Gasteiger charge is -1.98. The molecular weight excluding hydrogens is 271 g/mol. The van der Waals surface area contributed by atoms with E-state index in [1.54, 1.807) is 12.1 Å². The minimum atomic E-state index is -0.221. The van der Waals surface area contributed by atoms with E-state index in [1.165, 1.54) is 25.0 Å². The second-order valence-electron chi connectivity index (χ2n) is 4.04.